The van der Waals surface area contributed by atoms with Crippen molar-refractivity contribution in [3.8, 4) is 0 Å². The van der Waals surface area contributed by atoms with Gasteiger partial charge in [0.1, 0.15) is 0 Å². The van der Waals surface area contributed by atoms with E-state index in [-0.39, 0.29) is 12.1 Å². The number of alkyl halides is 12. The molecule has 5 rings (SSSR count). The highest BCUT2D eigenvalue weighted by Crippen LogP contribution is 2.59. The van der Waals surface area contributed by atoms with Gasteiger partial charge in [-0.1, -0.05) is 60.7 Å². The first-order valence-electron chi connectivity index (χ1n) is 14.9. The van der Waals surface area contributed by atoms with Gasteiger partial charge in [-0.05, 0) is 98.8 Å². The highest BCUT2D eigenvalue weighted by Gasteiger charge is 2.45. The van der Waals surface area contributed by atoms with Crippen molar-refractivity contribution >= 4 is 37.2 Å². The Morgan fingerprint density at radius 3 is 1.18 bits per heavy atom. The van der Waals surface area contributed by atoms with Crippen LogP contribution in [0, 0.1) is 30.8 Å². The van der Waals surface area contributed by atoms with Crippen LogP contribution in [0.4, 0.5) is 52.7 Å². The maximum Gasteiger partial charge on any atom is 0.416 e. The molecule has 4 aromatic carbocycles. The fraction of sp³-hybridized carbons (Fsp3) is 0.194. The van der Waals surface area contributed by atoms with Crippen molar-refractivity contribution in [1.29, 1.82) is 0 Å². The van der Waals surface area contributed by atoms with E-state index >= 15 is 0 Å². The number of halogens is 12. The van der Waals surface area contributed by atoms with Gasteiger partial charge in [0.2, 0.25) is 0 Å². The van der Waals surface area contributed by atoms with E-state index in [0.717, 1.165) is 16.3 Å². The molecular formula is C36H26F12NP2. The number of benzene rings is 4. The molecule has 1 atom stereocenters. The van der Waals surface area contributed by atoms with Gasteiger partial charge < -0.3 is 0 Å². The van der Waals surface area contributed by atoms with Crippen molar-refractivity contribution in [3.05, 3.63) is 150 Å². The summed E-state index contributed by atoms with van der Waals surface area (Å²) in [4.78, 5) is 0. The normalized spacial score (nSPS) is 16.1. The Morgan fingerprint density at radius 2 is 0.843 bits per heavy atom. The molecule has 0 aromatic heterocycles. The topological polar surface area (TPSA) is 3.24 Å². The first-order chi connectivity index (χ1) is 23.7. The molecule has 1 nitrogen and oxygen atoms in total. The molecule has 0 amide bonds. The van der Waals surface area contributed by atoms with Gasteiger partial charge in [-0.3, -0.25) is 4.67 Å². The molecule has 1 aliphatic carbocycles. The molecule has 1 saturated carbocycles. The van der Waals surface area contributed by atoms with Crippen LogP contribution in [0.2, 0.25) is 0 Å². The molecule has 0 saturated heterocycles. The van der Waals surface area contributed by atoms with Gasteiger partial charge in [-0.2, -0.15) is 52.7 Å². The summed E-state index contributed by atoms with van der Waals surface area (Å²) in [6.45, 7) is 1.55. The molecule has 15 heteroatoms. The maximum absolute atomic E-state index is 14.0. The van der Waals surface area contributed by atoms with E-state index in [2.05, 4.69) is 0 Å². The average Bonchev–Trinajstić information content (AvgIpc) is 3.53. The average molecular weight is 763 g/mol. The lowest BCUT2D eigenvalue weighted by Crippen LogP contribution is -2.38. The Labute approximate surface area is 289 Å². The molecule has 5 radical (unpaired) electrons. The number of nitrogens with zero attached hydrogens (tertiary/aromatic N) is 1. The Morgan fingerprint density at radius 1 is 0.490 bits per heavy atom. The van der Waals surface area contributed by atoms with Crippen LogP contribution in [0.5, 0.6) is 0 Å². The van der Waals surface area contributed by atoms with Gasteiger partial charge in [-0.25, -0.2) is 0 Å². The van der Waals surface area contributed by atoms with Crippen molar-refractivity contribution in [2.75, 3.05) is 7.05 Å². The van der Waals surface area contributed by atoms with E-state index in [9.17, 15) is 52.7 Å². The van der Waals surface area contributed by atoms with E-state index in [1.807, 2.05) is 60.7 Å². The van der Waals surface area contributed by atoms with Gasteiger partial charge in [0.05, 0.1) is 22.3 Å². The molecule has 1 aliphatic rings. The SMILES string of the molecule is C[C@@H]([C]1[CH][CH][CH][C]1P(c1ccccc1)c1ccccc1)N(C)P(c1cc(C(F)(F)F)cc(C(F)(F)F)c1)c1cc(C(F)(F)F)cc(C(F)(F)F)c1. The lowest BCUT2D eigenvalue weighted by Gasteiger charge is -2.40. The van der Waals surface area contributed by atoms with Crippen LogP contribution >= 0.6 is 16.0 Å². The zero-order chi connectivity index (χ0) is 37.5. The molecule has 0 N–H and O–H groups in total. The van der Waals surface area contributed by atoms with Crippen molar-refractivity contribution in [3.63, 3.8) is 0 Å². The maximum atomic E-state index is 14.0. The molecule has 0 heterocycles. The fourth-order valence-corrected chi connectivity index (χ4v) is 10.7. The predicted molar refractivity (Wildman–Crippen MR) is 175 cm³/mol. The van der Waals surface area contributed by atoms with Crippen molar-refractivity contribution in [1.82, 2.24) is 4.67 Å². The van der Waals surface area contributed by atoms with Crippen LogP contribution in [0.3, 0.4) is 0 Å². The zero-order valence-corrected chi connectivity index (χ0v) is 28.2. The molecule has 0 bridgehead atoms. The first kappa shape index (κ1) is 39.1. The lowest BCUT2D eigenvalue weighted by atomic mass is 10.00. The minimum atomic E-state index is -5.33. The third-order valence-corrected chi connectivity index (χ3v) is 13.0. The highest BCUT2D eigenvalue weighted by molar-refractivity contribution is 7.76. The largest absolute Gasteiger partial charge is 0.416 e. The molecule has 0 aliphatic heterocycles. The smallest absolute Gasteiger partial charge is 0.274 e. The summed E-state index contributed by atoms with van der Waals surface area (Å²) in [7, 11) is -2.96. The lowest BCUT2D eigenvalue weighted by molar-refractivity contribution is -0.144. The van der Waals surface area contributed by atoms with E-state index in [1.165, 1.54) is 11.7 Å². The van der Waals surface area contributed by atoms with Crippen LogP contribution < -0.4 is 21.2 Å². The Bertz CT molecular complexity index is 1610. The van der Waals surface area contributed by atoms with Crippen LogP contribution in [0.15, 0.2) is 97.1 Å². The molecule has 0 unspecified atom stereocenters. The predicted octanol–water partition coefficient (Wildman–Crippen LogP) is 10.3. The third-order valence-electron chi connectivity index (χ3n) is 8.06. The van der Waals surface area contributed by atoms with Gasteiger partial charge in [0, 0.05) is 25.7 Å². The fourth-order valence-electron chi connectivity index (χ4n) is 5.57. The molecule has 1 fully saturated rings. The Kier molecular flexibility index (Phi) is 11.3. The number of rotatable bonds is 8. The summed E-state index contributed by atoms with van der Waals surface area (Å²) in [6.07, 6.45) is -16.1. The first-order valence-corrected chi connectivity index (χ1v) is 17.6. The standard InChI is InChI=1S/C36H26F12NP2/c1-22(31-14-9-15-32(31)50(27-10-5-3-6-11-27)28-12-7-4-8-13-28)49(2)51(29-18-23(33(37,38)39)16-24(19-29)34(40,41)42)30-20-25(35(43,44)45)17-26(21-30)36(46,47)48/h3-22H,1-2H3/t22-/m0/s1. The molecule has 4 aromatic rings. The highest BCUT2D eigenvalue weighted by atomic mass is 31.1. The van der Waals surface area contributed by atoms with Crippen LogP contribution in [0.25, 0.3) is 0 Å². The van der Waals surface area contributed by atoms with E-state index in [0.29, 0.717) is 30.2 Å². The summed E-state index contributed by atoms with van der Waals surface area (Å²) in [5.41, 5.74) is -6.29. The van der Waals surface area contributed by atoms with E-state index in [4.69, 9.17) is 0 Å². The summed E-state index contributed by atoms with van der Waals surface area (Å²) in [6, 6.07) is 18.6. The second-order valence-electron chi connectivity index (χ2n) is 11.5. The Hall–Kier alpha value is -3.14. The van der Waals surface area contributed by atoms with Gasteiger partial charge in [-0.15, -0.1) is 0 Å². The third kappa shape index (κ3) is 8.91. The molecule has 51 heavy (non-hydrogen) atoms. The second kappa shape index (κ2) is 14.7. The van der Waals surface area contributed by atoms with Crippen molar-refractivity contribution < 1.29 is 52.7 Å². The minimum absolute atomic E-state index is 0.143. The van der Waals surface area contributed by atoms with Gasteiger partial charge in [0.25, 0.3) is 0 Å². The minimum Gasteiger partial charge on any atom is -0.274 e. The quantitative estimate of drug-likeness (QED) is 0.128. The van der Waals surface area contributed by atoms with Crippen LogP contribution in [-0.2, 0) is 24.7 Å². The number of hydrogen-bond acceptors (Lipinski definition) is 1. The summed E-state index contributed by atoms with van der Waals surface area (Å²) < 4.78 is 170. The summed E-state index contributed by atoms with van der Waals surface area (Å²) in [5.74, 6) is 0.537. The van der Waals surface area contributed by atoms with Gasteiger partial charge >= 0.3 is 24.7 Å². The Balaban J connectivity index is 1.71. The zero-order valence-electron chi connectivity index (χ0n) is 26.4. The number of hydrogen-bond donors (Lipinski definition) is 0. The monoisotopic (exact) mass is 762 g/mol. The van der Waals surface area contributed by atoms with E-state index in [1.54, 1.807) is 26.2 Å². The van der Waals surface area contributed by atoms with Crippen molar-refractivity contribution in [2.45, 2.75) is 37.7 Å². The summed E-state index contributed by atoms with van der Waals surface area (Å²) in [5, 5.41) is 0.304. The molecule has 269 valence electrons. The van der Waals surface area contributed by atoms with Crippen LogP contribution in [-0.4, -0.2) is 17.8 Å². The second-order valence-corrected chi connectivity index (χ2v) is 15.9. The molecule has 0 spiro atoms. The van der Waals surface area contributed by atoms with Crippen LogP contribution in [0.1, 0.15) is 29.2 Å². The van der Waals surface area contributed by atoms with E-state index < -0.39 is 79.6 Å². The van der Waals surface area contributed by atoms with Crippen molar-refractivity contribution in [2.24, 2.45) is 0 Å². The van der Waals surface area contributed by atoms with Gasteiger partial charge in [0.15, 0.2) is 0 Å². The molecular weight excluding hydrogens is 736 g/mol. The summed E-state index contributed by atoms with van der Waals surface area (Å²) >= 11 is 0.